The molecule has 108 valence electrons. The van der Waals surface area contributed by atoms with Gasteiger partial charge < -0.3 is 14.4 Å². The first-order valence-electron chi connectivity index (χ1n) is 6.07. The molecular weight excluding hydrogens is 286 g/mol. The number of carbonyl (C=O) groups is 2. The van der Waals surface area contributed by atoms with E-state index in [1.807, 2.05) is 0 Å². The molecule has 0 bridgehead atoms. The third-order valence-corrected chi connectivity index (χ3v) is 3.10. The molecule has 2 heterocycles. The van der Waals surface area contributed by atoms with Crippen molar-refractivity contribution in [1.82, 2.24) is 15.1 Å². The summed E-state index contributed by atoms with van der Waals surface area (Å²) >= 11 is 5.63. The van der Waals surface area contributed by atoms with Gasteiger partial charge in [0.15, 0.2) is 10.8 Å². The number of esters is 1. The van der Waals surface area contributed by atoms with Gasteiger partial charge in [-0.15, -0.1) is 10.2 Å². The van der Waals surface area contributed by atoms with Crippen molar-refractivity contribution >= 4 is 23.5 Å². The van der Waals surface area contributed by atoms with Gasteiger partial charge in [0.25, 0.3) is 5.91 Å². The highest BCUT2D eigenvalue weighted by Gasteiger charge is 2.27. The van der Waals surface area contributed by atoms with E-state index in [-0.39, 0.29) is 35.2 Å². The van der Waals surface area contributed by atoms with E-state index >= 15 is 0 Å². The Morgan fingerprint density at radius 2 is 2.30 bits per heavy atom. The second kappa shape index (κ2) is 6.62. The SMILES string of the molecule is COC(=O)CC1CN(C(=O)c2ccc(Cl)nn2)CCO1. The molecule has 7 nitrogen and oxygen atoms in total. The van der Waals surface area contributed by atoms with E-state index in [0.29, 0.717) is 19.7 Å². The fourth-order valence-corrected chi connectivity index (χ4v) is 1.99. The largest absolute Gasteiger partial charge is 0.469 e. The van der Waals surface area contributed by atoms with Gasteiger partial charge >= 0.3 is 5.97 Å². The summed E-state index contributed by atoms with van der Waals surface area (Å²) in [5, 5.41) is 7.62. The fraction of sp³-hybridized carbons (Fsp3) is 0.500. The zero-order valence-electron chi connectivity index (χ0n) is 10.9. The molecule has 1 fully saturated rings. The Kier molecular flexibility index (Phi) is 4.86. The molecule has 1 aliphatic rings. The lowest BCUT2D eigenvalue weighted by Crippen LogP contribution is -2.46. The molecule has 1 aromatic heterocycles. The van der Waals surface area contributed by atoms with Crippen LogP contribution < -0.4 is 0 Å². The Labute approximate surface area is 120 Å². The predicted octanol–water partition coefficient (Wildman–Crippen LogP) is 0.534. The van der Waals surface area contributed by atoms with Crippen LogP contribution in [0.5, 0.6) is 0 Å². The fourth-order valence-electron chi connectivity index (χ4n) is 1.89. The Morgan fingerprint density at radius 1 is 1.50 bits per heavy atom. The summed E-state index contributed by atoms with van der Waals surface area (Å²) in [6.45, 7) is 1.13. The summed E-state index contributed by atoms with van der Waals surface area (Å²) in [6.07, 6.45) is -0.243. The maximum Gasteiger partial charge on any atom is 0.308 e. The van der Waals surface area contributed by atoms with Gasteiger partial charge in [-0.3, -0.25) is 9.59 Å². The second-order valence-corrected chi connectivity index (χ2v) is 4.65. The van der Waals surface area contributed by atoms with Crippen LogP contribution in [0.15, 0.2) is 12.1 Å². The number of hydrogen-bond acceptors (Lipinski definition) is 6. The van der Waals surface area contributed by atoms with Crippen LogP contribution in [-0.4, -0.2) is 59.9 Å². The van der Waals surface area contributed by atoms with Crippen LogP contribution in [0.3, 0.4) is 0 Å². The maximum absolute atomic E-state index is 12.2. The van der Waals surface area contributed by atoms with Crippen LogP contribution >= 0.6 is 11.6 Å². The van der Waals surface area contributed by atoms with Crippen molar-refractivity contribution in [3.63, 3.8) is 0 Å². The lowest BCUT2D eigenvalue weighted by atomic mass is 10.2. The molecule has 1 unspecified atom stereocenters. The number of aromatic nitrogens is 2. The third-order valence-electron chi connectivity index (χ3n) is 2.90. The number of rotatable bonds is 3. The van der Waals surface area contributed by atoms with E-state index in [1.54, 1.807) is 4.90 Å². The molecule has 1 saturated heterocycles. The molecule has 0 radical (unpaired) electrons. The summed E-state index contributed by atoms with van der Waals surface area (Å²) in [6, 6.07) is 3.02. The van der Waals surface area contributed by atoms with Gasteiger partial charge in [0.05, 0.1) is 26.2 Å². The summed E-state index contributed by atoms with van der Waals surface area (Å²) in [5.74, 6) is -0.622. The molecule has 20 heavy (non-hydrogen) atoms. The molecule has 0 saturated carbocycles. The summed E-state index contributed by atoms with van der Waals surface area (Å²) in [7, 11) is 1.32. The lowest BCUT2D eigenvalue weighted by Gasteiger charge is -2.32. The Balaban J connectivity index is 1.99. The smallest absolute Gasteiger partial charge is 0.308 e. The Morgan fingerprint density at radius 3 is 2.95 bits per heavy atom. The van der Waals surface area contributed by atoms with Gasteiger partial charge in [0, 0.05) is 13.1 Å². The molecule has 1 atom stereocenters. The minimum Gasteiger partial charge on any atom is -0.469 e. The Bertz CT molecular complexity index is 494. The number of ether oxygens (including phenoxy) is 2. The van der Waals surface area contributed by atoms with Crippen molar-refractivity contribution in [2.75, 3.05) is 26.8 Å². The van der Waals surface area contributed by atoms with E-state index in [9.17, 15) is 9.59 Å². The highest BCUT2D eigenvalue weighted by Crippen LogP contribution is 2.12. The van der Waals surface area contributed by atoms with E-state index in [4.69, 9.17) is 16.3 Å². The highest BCUT2D eigenvalue weighted by atomic mass is 35.5. The van der Waals surface area contributed by atoms with E-state index in [1.165, 1.54) is 19.2 Å². The summed E-state index contributed by atoms with van der Waals surface area (Å²) in [5.41, 5.74) is 0.216. The summed E-state index contributed by atoms with van der Waals surface area (Å²) in [4.78, 5) is 25.0. The van der Waals surface area contributed by atoms with Crippen LogP contribution in [0, 0.1) is 0 Å². The minimum atomic E-state index is -0.365. The van der Waals surface area contributed by atoms with Crippen molar-refractivity contribution in [3.8, 4) is 0 Å². The lowest BCUT2D eigenvalue weighted by molar-refractivity contribution is -0.145. The number of nitrogens with zero attached hydrogens (tertiary/aromatic N) is 3. The van der Waals surface area contributed by atoms with Crippen molar-refractivity contribution in [2.24, 2.45) is 0 Å². The number of halogens is 1. The number of morpholine rings is 1. The number of hydrogen-bond donors (Lipinski definition) is 0. The normalized spacial score (nSPS) is 18.7. The molecule has 1 aromatic rings. The molecule has 0 aromatic carbocycles. The highest BCUT2D eigenvalue weighted by molar-refractivity contribution is 6.29. The molecule has 8 heteroatoms. The number of amides is 1. The molecule has 0 N–H and O–H groups in total. The van der Waals surface area contributed by atoms with Crippen LogP contribution in [0.1, 0.15) is 16.9 Å². The number of methoxy groups -OCH3 is 1. The first kappa shape index (κ1) is 14.7. The van der Waals surface area contributed by atoms with E-state index in [0.717, 1.165) is 0 Å². The van der Waals surface area contributed by atoms with Crippen LogP contribution in [0.2, 0.25) is 5.15 Å². The maximum atomic E-state index is 12.2. The average molecular weight is 300 g/mol. The molecule has 1 aliphatic heterocycles. The molecule has 0 spiro atoms. The van der Waals surface area contributed by atoms with Crippen molar-refractivity contribution in [3.05, 3.63) is 23.0 Å². The van der Waals surface area contributed by atoms with Crippen molar-refractivity contribution < 1.29 is 19.1 Å². The average Bonchev–Trinajstić information content (AvgIpc) is 2.47. The van der Waals surface area contributed by atoms with E-state index in [2.05, 4.69) is 14.9 Å². The molecule has 2 rings (SSSR count). The quantitative estimate of drug-likeness (QED) is 0.758. The van der Waals surface area contributed by atoms with Gasteiger partial charge in [0.1, 0.15) is 0 Å². The van der Waals surface area contributed by atoms with Gasteiger partial charge in [-0.2, -0.15) is 0 Å². The first-order valence-corrected chi connectivity index (χ1v) is 6.45. The molecular formula is C12H14ClN3O4. The summed E-state index contributed by atoms with van der Waals surface area (Å²) < 4.78 is 10.0. The standard InChI is InChI=1S/C12H14ClN3O4/c1-19-11(17)6-8-7-16(4-5-20-8)12(18)9-2-3-10(13)15-14-9/h2-3,8H,4-7H2,1H3. The predicted molar refractivity (Wildman–Crippen MR) is 69.3 cm³/mol. The number of carbonyl (C=O) groups excluding carboxylic acids is 2. The van der Waals surface area contributed by atoms with Crippen LogP contribution in [0.4, 0.5) is 0 Å². The van der Waals surface area contributed by atoms with Gasteiger partial charge in [-0.1, -0.05) is 11.6 Å². The van der Waals surface area contributed by atoms with E-state index < -0.39 is 0 Å². The van der Waals surface area contributed by atoms with Crippen LogP contribution in [-0.2, 0) is 14.3 Å². The van der Waals surface area contributed by atoms with Gasteiger partial charge in [-0.05, 0) is 12.1 Å². The van der Waals surface area contributed by atoms with Crippen molar-refractivity contribution in [2.45, 2.75) is 12.5 Å². The monoisotopic (exact) mass is 299 g/mol. The zero-order valence-corrected chi connectivity index (χ0v) is 11.7. The Hall–Kier alpha value is -1.73. The van der Waals surface area contributed by atoms with Crippen LogP contribution in [0.25, 0.3) is 0 Å². The van der Waals surface area contributed by atoms with Gasteiger partial charge in [-0.25, -0.2) is 0 Å². The topological polar surface area (TPSA) is 81.6 Å². The molecule has 1 amide bonds. The minimum absolute atomic E-state index is 0.118. The molecule has 0 aliphatic carbocycles. The zero-order chi connectivity index (χ0) is 14.5. The third kappa shape index (κ3) is 3.64. The van der Waals surface area contributed by atoms with Crippen molar-refractivity contribution in [1.29, 1.82) is 0 Å². The first-order chi connectivity index (χ1) is 9.60. The van der Waals surface area contributed by atoms with Gasteiger partial charge in [0.2, 0.25) is 0 Å². The second-order valence-electron chi connectivity index (χ2n) is 4.27.